The minimum atomic E-state index is -0.113. The molecule has 0 bridgehead atoms. The molecular weight excluding hydrogens is 204 g/mol. The van der Waals surface area contributed by atoms with Crippen molar-refractivity contribution >= 4 is 5.97 Å². The summed E-state index contributed by atoms with van der Waals surface area (Å²) in [6, 6.07) is 7.88. The van der Waals surface area contributed by atoms with Gasteiger partial charge in [-0.05, 0) is 24.1 Å². The summed E-state index contributed by atoms with van der Waals surface area (Å²) in [4.78, 5) is 11.4. The quantitative estimate of drug-likeness (QED) is 0.732. The smallest absolute Gasteiger partial charge is 0.309 e. The van der Waals surface area contributed by atoms with Crippen LogP contribution in [0.1, 0.15) is 18.9 Å². The van der Waals surface area contributed by atoms with Gasteiger partial charge in [0.15, 0.2) is 0 Å². The van der Waals surface area contributed by atoms with Gasteiger partial charge in [-0.3, -0.25) is 4.79 Å². The maximum atomic E-state index is 11.4. The summed E-state index contributed by atoms with van der Waals surface area (Å²) in [6.45, 7) is 2.09. The molecule has 1 aliphatic carbocycles. The molecule has 1 fully saturated rings. The monoisotopic (exact) mass is 220 g/mol. The van der Waals surface area contributed by atoms with Crippen LogP contribution in [0, 0.1) is 5.92 Å². The van der Waals surface area contributed by atoms with Crippen molar-refractivity contribution in [2.45, 2.75) is 18.8 Å². The van der Waals surface area contributed by atoms with E-state index in [-0.39, 0.29) is 17.3 Å². The van der Waals surface area contributed by atoms with Crippen LogP contribution in [0.25, 0.3) is 0 Å². The van der Waals surface area contributed by atoms with Crippen molar-refractivity contribution in [3.05, 3.63) is 29.8 Å². The summed E-state index contributed by atoms with van der Waals surface area (Å²) in [5.41, 5.74) is 1.11. The number of methoxy groups -OCH3 is 2. The zero-order chi connectivity index (χ0) is 11.8. The van der Waals surface area contributed by atoms with Gasteiger partial charge in [0.05, 0.1) is 20.1 Å². The second-order valence-corrected chi connectivity index (χ2v) is 4.43. The van der Waals surface area contributed by atoms with Crippen molar-refractivity contribution in [1.29, 1.82) is 0 Å². The van der Waals surface area contributed by atoms with Crippen LogP contribution in [-0.4, -0.2) is 20.2 Å². The van der Waals surface area contributed by atoms with Crippen molar-refractivity contribution in [2.24, 2.45) is 5.92 Å². The summed E-state index contributed by atoms with van der Waals surface area (Å²) < 4.78 is 9.88. The number of carbonyl (C=O) groups is 1. The van der Waals surface area contributed by atoms with Gasteiger partial charge in [0.25, 0.3) is 0 Å². The lowest BCUT2D eigenvalue weighted by Crippen LogP contribution is -2.12. The number of benzene rings is 1. The Kier molecular flexibility index (Phi) is 2.62. The summed E-state index contributed by atoms with van der Waals surface area (Å²) in [5.74, 6) is 0.729. The first-order valence-electron chi connectivity index (χ1n) is 5.34. The fraction of sp³-hybridized carbons (Fsp3) is 0.462. The Labute approximate surface area is 95.4 Å². The third-order valence-corrected chi connectivity index (χ3v) is 3.47. The zero-order valence-corrected chi connectivity index (χ0v) is 9.82. The first-order valence-corrected chi connectivity index (χ1v) is 5.34. The predicted octanol–water partition coefficient (Wildman–Crippen LogP) is 2.15. The van der Waals surface area contributed by atoms with Crippen molar-refractivity contribution in [3.63, 3.8) is 0 Å². The fourth-order valence-electron chi connectivity index (χ4n) is 2.14. The highest BCUT2D eigenvalue weighted by atomic mass is 16.5. The van der Waals surface area contributed by atoms with E-state index in [0.717, 1.165) is 12.2 Å². The van der Waals surface area contributed by atoms with Gasteiger partial charge in [-0.15, -0.1) is 0 Å². The number of rotatable bonds is 3. The van der Waals surface area contributed by atoms with Crippen LogP contribution in [0.2, 0.25) is 0 Å². The van der Waals surface area contributed by atoms with E-state index >= 15 is 0 Å². The molecule has 0 spiro atoms. The van der Waals surface area contributed by atoms with E-state index in [1.807, 2.05) is 24.3 Å². The molecule has 0 heterocycles. The molecule has 3 nitrogen and oxygen atoms in total. The minimum absolute atomic E-state index is 0.00546. The predicted molar refractivity (Wildman–Crippen MR) is 60.5 cm³/mol. The first kappa shape index (κ1) is 11.0. The van der Waals surface area contributed by atoms with E-state index in [0.29, 0.717) is 0 Å². The Morgan fingerprint density at radius 2 is 1.94 bits per heavy atom. The van der Waals surface area contributed by atoms with Crippen LogP contribution in [0.5, 0.6) is 5.75 Å². The molecule has 3 heteroatoms. The largest absolute Gasteiger partial charge is 0.497 e. The van der Waals surface area contributed by atoms with E-state index in [9.17, 15) is 4.79 Å². The highest BCUT2D eigenvalue weighted by molar-refractivity contribution is 5.78. The van der Waals surface area contributed by atoms with Crippen LogP contribution in [0.15, 0.2) is 24.3 Å². The topological polar surface area (TPSA) is 35.5 Å². The summed E-state index contributed by atoms with van der Waals surface area (Å²) >= 11 is 0. The van der Waals surface area contributed by atoms with Gasteiger partial charge in [0.2, 0.25) is 0 Å². The SMILES string of the molecule is COC(=O)C1CC1(C)c1ccc(OC)cc1. The summed E-state index contributed by atoms with van der Waals surface area (Å²) in [7, 11) is 3.08. The van der Waals surface area contributed by atoms with Crippen molar-refractivity contribution in [1.82, 2.24) is 0 Å². The van der Waals surface area contributed by atoms with Gasteiger partial charge in [-0.2, -0.15) is 0 Å². The third-order valence-electron chi connectivity index (χ3n) is 3.47. The highest BCUT2D eigenvalue weighted by Gasteiger charge is 2.56. The lowest BCUT2D eigenvalue weighted by atomic mass is 9.95. The molecule has 0 aliphatic heterocycles. The second-order valence-electron chi connectivity index (χ2n) is 4.43. The second kappa shape index (κ2) is 3.81. The molecule has 1 aromatic rings. The number of ether oxygens (including phenoxy) is 2. The Bertz CT molecular complexity index is 396. The lowest BCUT2D eigenvalue weighted by molar-refractivity contribution is -0.142. The van der Waals surface area contributed by atoms with Gasteiger partial charge in [0, 0.05) is 5.41 Å². The number of hydrogen-bond donors (Lipinski definition) is 0. The first-order chi connectivity index (χ1) is 7.61. The molecule has 2 unspecified atom stereocenters. The molecule has 16 heavy (non-hydrogen) atoms. The lowest BCUT2D eigenvalue weighted by Gasteiger charge is -2.11. The molecule has 1 aliphatic rings. The van der Waals surface area contributed by atoms with E-state index < -0.39 is 0 Å². The molecule has 0 saturated heterocycles. The average molecular weight is 220 g/mol. The number of esters is 1. The average Bonchev–Trinajstić information content (AvgIpc) is 3.02. The van der Waals surface area contributed by atoms with Gasteiger partial charge in [-0.1, -0.05) is 19.1 Å². The van der Waals surface area contributed by atoms with E-state index in [2.05, 4.69) is 6.92 Å². The molecule has 0 N–H and O–H groups in total. The molecule has 0 aromatic heterocycles. The maximum absolute atomic E-state index is 11.4. The maximum Gasteiger partial charge on any atom is 0.309 e. The van der Waals surface area contributed by atoms with E-state index in [1.165, 1.54) is 12.7 Å². The Morgan fingerprint density at radius 3 is 2.44 bits per heavy atom. The van der Waals surface area contributed by atoms with E-state index in [4.69, 9.17) is 9.47 Å². The highest BCUT2D eigenvalue weighted by Crippen LogP contribution is 2.54. The zero-order valence-electron chi connectivity index (χ0n) is 9.82. The molecule has 0 radical (unpaired) electrons. The fourth-order valence-corrected chi connectivity index (χ4v) is 2.14. The van der Waals surface area contributed by atoms with Gasteiger partial charge >= 0.3 is 5.97 Å². The van der Waals surface area contributed by atoms with Crippen LogP contribution < -0.4 is 4.74 Å². The Balaban J connectivity index is 2.16. The van der Waals surface area contributed by atoms with Crippen LogP contribution in [0.4, 0.5) is 0 Å². The van der Waals surface area contributed by atoms with E-state index in [1.54, 1.807) is 7.11 Å². The van der Waals surface area contributed by atoms with Crippen molar-refractivity contribution < 1.29 is 14.3 Å². The van der Waals surface area contributed by atoms with Gasteiger partial charge < -0.3 is 9.47 Å². The molecule has 2 rings (SSSR count). The van der Waals surface area contributed by atoms with Gasteiger partial charge in [0.1, 0.15) is 5.75 Å². The molecule has 1 aromatic carbocycles. The molecule has 0 amide bonds. The Morgan fingerprint density at radius 1 is 1.31 bits per heavy atom. The normalized spacial score (nSPS) is 27.3. The number of hydrogen-bond acceptors (Lipinski definition) is 3. The minimum Gasteiger partial charge on any atom is -0.497 e. The molecule has 2 atom stereocenters. The molecular formula is C13H16O3. The van der Waals surface area contributed by atoms with Crippen molar-refractivity contribution in [3.8, 4) is 5.75 Å². The summed E-state index contributed by atoms with van der Waals surface area (Å²) in [6.07, 6.45) is 0.867. The van der Waals surface area contributed by atoms with Crippen LogP contribution in [0.3, 0.4) is 0 Å². The van der Waals surface area contributed by atoms with Gasteiger partial charge in [-0.25, -0.2) is 0 Å². The third kappa shape index (κ3) is 1.66. The molecule has 1 saturated carbocycles. The van der Waals surface area contributed by atoms with Crippen LogP contribution >= 0.6 is 0 Å². The molecule has 86 valence electrons. The van der Waals surface area contributed by atoms with Crippen LogP contribution in [-0.2, 0) is 14.9 Å². The Hall–Kier alpha value is -1.51. The number of carbonyl (C=O) groups excluding carboxylic acids is 1. The van der Waals surface area contributed by atoms with Crippen molar-refractivity contribution in [2.75, 3.05) is 14.2 Å². The summed E-state index contributed by atoms with van der Waals surface area (Å²) in [5, 5.41) is 0. The standard InChI is InChI=1S/C13H16O3/c1-13(8-11(13)12(14)16-3)9-4-6-10(15-2)7-5-9/h4-7,11H,8H2,1-3H3.